The number of H-pyrrole nitrogens is 1. The fourth-order valence-corrected chi connectivity index (χ4v) is 2.45. The van der Waals surface area contributed by atoms with E-state index in [4.69, 9.17) is 0 Å². The number of pyridine rings is 1. The van der Waals surface area contributed by atoms with Gasteiger partial charge in [0.2, 0.25) is 0 Å². The van der Waals surface area contributed by atoms with E-state index in [1.165, 1.54) is 0 Å². The summed E-state index contributed by atoms with van der Waals surface area (Å²) in [7, 11) is 0. The second kappa shape index (κ2) is 5.61. The Kier molecular flexibility index (Phi) is 3.66. The number of rotatable bonds is 2. The van der Waals surface area contributed by atoms with E-state index >= 15 is 0 Å². The van der Waals surface area contributed by atoms with Crippen LogP contribution in [0.25, 0.3) is 22.8 Å². The molecule has 1 aromatic carbocycles. The molecule has 0 aliphatic rings. The molecule has 0 atom stereocenters. The third-order valence-electron chi connectivity index (χ3n) is 3.07. The van der Waals surface area contributed by atoms with Crippen LogP contribution in [0.15, 0.2) is 57.9 Å². The fourth-order valence-electron chi connectivity index (χ4n) is 2.03. The van der Waals surface area contributed by atoms with Gasteiger partial charge < -0.3 is 4.98 Å². The van der Waals surface area contributed by atoms with Crippen molar-refractivity contribution in [3.05, 3.63) is 69.1 Å². The van der Waals surface area contributed by atoms with Crippen LogP contribution in [0.2, 0.25) is 0 Å². The van der Waals surface area contributed by atoms with Gasteiger partial charge in [-0.25, -0.2) is 4.98 Å². The molecule has 2 heterocycles. The molecule has 2 aromatic heterocycles. The first kappa shape index (κ1) is 13.7. The zero-order valence-electron chi connectivity index (χ0n) is 11.3. The highest BCUT2D eigenvalue weighted by Crippen LogP contribution is 2.25. The Morgan fingerprint density at radius 3 is 2.62 bits per heavy atom. The first-order valence-electron chi connectivity index (χ1n) is 6.43. The topological polar surface area (TPSA) is 58.6 Å². The molecule has 3 rings (SSSR count). The predicted octanol–water partition coefficient (Wildman–Crippen LogP) is 3.57. The third kappa shape index (κ3) is 2.78. The van der Waals surface area contributed by atoms with Gasteiger partial charge >= 0.3 is 0 Å². The minimum Gasteiger partial charge on any atom is -0.304 e. The summed E-state index contributed by atoms with van der Waals surface area (Å²) in [5, 5.41) is 0. The summed E-state index contributed by atoms with van der Waals surface area (Å²) in [6, 6.07) is 13.4. The van der Waals surface area contributed by atoms with Gasteiger partial charge in [-0.1, -0.05) is 30.3 Å². The molecular weight excluding hydrogens is 330 g/mol. The molecule has 0 fully saturated rings. The lowest BCUT2D eigenvalue weighted by Gasteiger charge is -2.07. The van der Waals surface area contributed by atoms with Gasteiger partial charge in [-0.15, -0.1) is 0 Å². The largest absolute Gasteiger partial charge is 0.304 e. The van der Waals surface area contributed by atoms with Gasteiger partial charge in [-0.3, -0.25) is 9.78 Å². The van der Waals surface area contributed by atoms with Crippen LogP contribution in [-0.2, 0) is 0 Å². The molecule has 0 amide bonds. The maximum atomic E-state index is 12.1. The first-order valence-corrected chi connectivity index (χ1v) is 7.23. The van der Waals surface area contributed by atoms with Crippen LogP contribution < -0.4 is 5.56 Å². The molecule has 3 aromatic rings. The zero-order valence-corrected chi connectivity index (χ0v) is 12.9. The highest BCUT2D eigenvalue weighted by Gasteiger charge is 2.12. The van der Waals surface area contributed by atoms with E-state index in [1.807, 2.05) is 49.4 Å². The van der Waals surface area contributed by atoms with Crippen molar-refractivity contribution in [2.75, 3.05) is 0 Å². The summed E-state index contributed by atoms with van der Waals surface area (Å²) in [5.74, 6) is 0.464. The molecule has 4 nitrogen and oxygen atoms in total. The molecular formula is C16H12BrN3O. The highest BCUT2D eigenvalue weighted by molar-refractivity contribution is 9.10. The van der Waals surface area contributed by atoms with Crippen molar-refractivity contribution in [1.82, 2.24) is 15.0 Å². The van der Waals surface area contributed by atoms with Gasteiger partial charge in [0, 0.05) is 11.8 Å². The number of halogens is 1. The van der Waals surface area contributed by atoms with Crippen molar-refractivity contribution < 1.29 is 0 Å². The van der Waals surface area contributed by atoms with E-state index in [9.17, 15) is 4.79 Å². The molecule has 0 spiro atoms. The van der Waals surface area contributed by atoms with E-state index in [2.05, 4.69) is 30.9 Å². The summed E-state index contributed by atoms with van der Waals surface area (Å²) >= 11 is 3.31. The normalized spacial score (nSPS) is 10.6. The number of nitrogens with one attached hydrogen (secondary N) is 1. The number of aryl methyl sites for hydroxylation is 1. The lowest BCUT2D eigenvalue weighted by molar-refractivity contribution is 1.09. The maximum Gasteiger partial charge on any atom is 0.266 e. The van der Waals surface area contributed by atoms with Crippen LogP contribution in [0, 0.1) is 6.92 Å². The molecule has 0 aliphatic carbocycles. The van der Waals surface area contributed by atoms with Crippen molar-refractivity contribution in [2.24, 2.45) is 0 Å². The van der Waals surface area contributed by atoms with Crippen LogP contribution in [-0.4, -0.2) is 15.0 Å². The van der Waals surface area contributed by atoms with Crippen molar-refractivity contribution in [3.63, 3.8) is 0 Å². The van der Waals surface area contributed by atoms with E-state index in [0.29, 0.717) is 21.7 Å². The molecule has 1 N–H and O–H groups in total. The van der Waals surface area contributed by atoms with E-state index in [0.717, 1.165) is 11.1 Å². The number of aromatic nitrogens is 3. The molecule has 0 unspecified atom stereocenters. The van der Waals surface area contributed by atoms with Crippen LogP contribution in [0.3, 0.4) is 0 Å². The van der Waals surface area contributed by atoms with Gasteiger partial charge in [-0.2, -0.15) is 0 Å². The molecule has 21 heavy (non-hydrogen) atoms. The quantitative estimate of drug-likeness (QED) is 0.775. The third-order valence-corrected chi connectivity index (χ3v) is 3.80. The van der Waals surface area contributed by atoms with E-state index in [1.54, 1.807) is 6.20 Å². The van der Waals surface area contributed by atoms with Crippen molar-refractivity contribution in [2.45, 2.75) is 6.92 Å². The van der Waals surface area contributed by atoms with Crippen molar-refractivity contribution in [1.29, 1.82) is 0 Å². The molecule has 0 bridgehead atoms. The number of hydrogen-bond donors (Lipinski definition) is 1. The van der Waals surface area contributed by atoms with Crippen LogP contribution in [0.4, 0.5) is 0 Å². The molecule has 0 saturated heterocycles. The van der Waals surface area contributed by atoms with Crippen LogP contribution in [0.5, 0.6) is 0 Å². The molecule has 0 saturated carbocycles. The van der Waals surface area contributed by atoms with Gasteiger partial charge in [0.15, 0.2) is 5.82 Å². The second-order valence-corrected chi connectivity index (χ2v) is 5.45. The number of benzene rings is 1. The van der Waals surface area contributed by atoms with Gasteiger partial charge in [0.1, 0.15) is 10.2 Å². The number of hydrogen-bond acceptors (Lipinski definition) is 3. The monoisotopic (exact) mass is 341 g/mol. The van der Waals surface area contributed by atoms with Crippen LogP contribution in [0.1, 0.15) is 5.56 Å². The molecule has 0 aliphatic heterocycles. The van der Waals surface area contributed by atoms with Gasteiger partial charge in [0.25, 0.3) is 5.56 Å². The standard InChI is InChI=1S/C16H12BrN3O/c1-10-7-8-18-12(9-10)15-19-14(13(17)16(21)20-15)11-5-3-2-4-6-11/h2-9H,1H3,(H,19,20,21). The van der Waals surface area contributed by atoms with E-state index < -0.39 is 0 Å². The second-order valence-electron chi connectivity index (χ2n) is 4.66. The highest BCUT2D eigenvalue weighted by atomic mass is 79.9. The molecule has 104 valence electrons. The summed E-state index contributed by atoms with van der Waals surface area (Å²) in [6.45, 7) is 1.97. The smallest absolute Gasteiger partial charge is 0.266 e. The lowest BCUT2D eigenvalue weighted by atomic mass is 10.1. The zero-order chi connectivity index (χ0) is 14.8. The minimum absolute atomic E-state index is 0.220. The van der Waals surface area contributed by atoms with Crippen LogP contribution >= 0.6 is 15.9 Å². The SMILES string of the molecule is Cc1ccnc(-c2nc(-c3ccccc3)c(Br)c(=O)[nH]2)c1. The Morgan fingerprint density at radius 2 is 1.90 bits per heavy atom. The predicted molar refractivity (Wildman–Crippen MR) is 86.0 cm³/mol. The first-order chi connectivity index (χ1) is 10.1. The maximum absolute atomic E-state index is 12.1. The minimum atomic E-state index is -0.220. The van der Waals surface area contributed by atoms with E-state index in [-0.39, 0.29) is 5.56 Å². The Morgan fingerprint density at radius 1 is 1.14 bits per heavy atom. The average molecular weight is 342 g/mol. The summed E-state index contributed by atoms with van der Waals surface area (Å²) in [5.41, 5.74) is 2.98. The lowest BCUT2D eigenvalue weighted by Crippen LogP contribution is -2.12. The Bertz CT molecular complexity index is 844. The summed E-state index contributed by atoms with van der Waals surface area (Å²) in [4.78, 5) is 23.7. The Hall–Kier alpha value is -2.27. The van der Waals surface area contributed by atoms with Gasteiger partial charge in [-0.05, 0) is 40.5 Å². The summed E-state index contributed by atoms with van der Waals surface area (Å²) in [6.07, 6.45) is 1.70. The number of aromatic amines is 1. The number of nitrogens with zero attached hydrogens (tertiary/aromatic N) is 2. The average Bonchev–Trinajstić information content (AvgIpc) is 2.51. The van der Waals surface area contributed by atoms with Gasteiger partial charge in [0.05, 0.1) is 5.69 Å². The molecule has 5 heteroatoms. The fraction of sp³-hybridized carbons (Fsp3) is 0.0625. The summed E-state index contributed by atoms with van der Waals surface area (Å²) < 4.78 is 0.421. The van der Waals surface area contributed by atoms with Crippen molar-refractivity contribution in [3.8, 4) is 22.8 Å². The Labute approximate surface area is 130 Å². The molecule has 0 radical (unpaired) electrons. The Balaban J connectivity index is 2.21. The van der Waals surface area contributed by atoms with Crippen molar-refractivity contribution >= 4 is 15.9 Å².